The molecule has 7 heteroatoms. The van der Waals surface area contributed by atoms with E-state index in [4.69, 9.17) is 5.73 Å². The molecular formula is C18H20FN3OS2. The number of halogens is 1. The number of hydrogen-bond acceptors (Lipinski definition) is 5. The second kappa shape index (κ2) is 7.27. The third-order valence-corrected chi connectivity index (χ3v) is 6.10. The summed E-state index contributed by atoms with van der Waals surface area (Å²) < 4.78 is 29.8. The van der Waals surface area contributed by atoms with Crippen LogP contribution in [0.15, 0.2) is 52.4 Å². The lowest BCUT2D eigenvalue weighted by molar-refractivity contribution is 0.450. The van der Waals surface area contributed by atoms with E-state index in [1.54, 1.807) is 12.1 Å². The van der Waals surface area contributed by atoms with Gasteiger partial charge in [0.15, 0.2) is 10.1 Å². The van der Waals surface area contributed by atoms with Gasteiger partial charge in [-0.25, -0.2) is 9.11 Å². The second-order valence-electron chi connectivity index (χ2n) is 6.20. The van der Waals surface area contributed by atoms with Crippen LogP contribution in [0.4, 0.5) is 10.1 Å². The topological polar surface area (TPSA) is 73.5 Å². The molecule has 0 spiro atoms. The predicted molar refractivity (Wildman–Crippen MR) is 104 cm³/mol. The van der Waals surface area contributed by atoms with Crippen LogP contribution in [0.25, 0.3) is 0 Å². The van der Waals surface area contributed by atoms with Gasteiger partial charge in [0.2, 0.25) is 0 Å². The fourth-order valence-corrected chi connectivity index (χ4v) is 4.53. The molecule has 3 rings (SSSR count). The van der Waals surface area contributed by atoms with E-state index >= 15 is 0 Å². The van der Waals surface area contributed by atoms with Crippen molar-refractivity contribution in [2.24, 2.45) is 10.7 Å². The molecule has 25 heavy (non-hydrogen) atoms. The van der Waals surface area contributed by atoms with E-state index in [0.717, 1.165) is 11.3 Å². The van der Waals surface area contributed by atoms with Gasteiger partial charge in [0.1, 0.15) is 17.2 Å². The van der Waals surface area contributed by atoms with Crippen LogP contribution in [0.2, 0.25) is 0 Å². The molecule has 1 aliphatic heterocycles. The van der Waals surface area contributed by atoms with Crippen molar-refractivity contribution in [3.63, 3.8) is 0 Å². The summed E-state index contributed by atoms with van der Waals surface area (Å²) in [7, 11) is 0. The summed E-state index contributed by atoms with van der Waals surface area (Å²) in [5.41, 5.74) is 7.27. The minimum Gasteiger partial charge on any atom is -0.588 e. The summed E-state index contributed by atoms with van der Waals surface area (Å²) in [5, 5.41) is 0.467. The Hall–Kier alpha value is -1.70. The van der Waals surface area contributed by atoms with Crippen molar-refractivity contribution in [3.8, 4) is 0 Å². The van der Waals surface area contributed by atoms with Crippen LogP contribution in [0.3, 0.4) is 0 Å². The van der Waals surface area contributed by atoms with E-state index in [-0.39, 0.29) is 5.82 Å². The molecule has 1 aliphatic rings. The number of thioether (sulfide) groups is 1. The summed E-state index contributed by atoms with van der Waals surface area (Å²) in [5.74, 6) is 0.454. The molecule has 2 atom stereocenters. The van der Waals surface area contributed by atoms with Crippen LogP contribution in [0, 0.1) is 12.7 Å². The molecule has 0 bridgehead atoms. The first-order valence-corrected chi connectivity index (χ1v) is 10.0. The van der Waals surface area contributed by atoms with Crippen molar-refractivity contribution in [3.05, 3.63) is 59.4 Å². The Balaban J connectivity index is 1.86. The number of aliphatic imine (C=N–C) groups is 1. The summed E-state index contributed by atoms with van der Waals surface area (Å²) in [6.07, 6.45) is 0.694. The molecule has 1 heterocycles. The van der Waals surface area contributed by atoms with Crippen LogP contribution in [0.5, 0.6) is 0 Å². The van der Waals surface area contributed by atoms with Gasteiger partial charge in [0.25, 0.3) is 0 Å². The number of nitrogens with zero attached hydrogens (tertiary/aromatic N) is 1. The molecule has 4 nitrogen and oxygen atoms in total. The third-order valence-electron chi connectivity index (χ3n) is 4.19. The molecule has 2 aromatic rings. The lowest BCUT2D eigenvalue weighted by Crippen LogP contribution is -2.29. The largest absolute Gasteiger partial charge is 0.588 e. The molecule has 0 aromatic heterocycles. The van der Waals surface area contributed by atoms with Gasteiger partial charge in [-0.15, -0.1) is 0 Å². The first kappa shape index (κ1) is 18.1. The lowest BCUT2D eigenvalue weighted by Gasteiger charge is -2.30. The fourth-order valence-electron chi connectivity index (χ4n) is 2.71. The number of aryl methyl sites for hydroxylation is 1. The molecular weight excluding hydrogens is 357 g/mol. The average molecular weight is 378 g/mol. The highest BCUT2D eigenvalue weighted by Gasteiger charge is 2.32. The monoisotopic (exact) mass is 377 g/mol. The van der Waals surface area contributed by atoms with Crippen LogP contribution in [-0.4, -0.2) is 15.5 Å². The molecule has 2 aromatic carbocycles. The van der Waals surface area contributed by atoms with E-state index in [1.165, 1.54) is 17.8 Å². The number of nitrogens with one attached hydrogen (secondary N) is 1. The summed E-state index contributed by atoms with van der Waals surface area (Å²) in [6.45, 7) is 3.85. The Morgan fingerprint density at radius 3 is 2.68 bits per heavy atom. The maximum Gasteiger partial charge on any atom is 0.179 e. The maximum absolute atomic E-state index is 14.4. The fraction of sp³-hybridized carbons (Fsp3) is 0.278. The highest BCUT2D eigenvalue weighted by atomic mass is 32.2. The van der Waals surface area contributed by atoms with Crippen molar-refractivity contribution >= 4 is 34.0 Å². The van der Waals surface area contributed by atoms with Gasteiger partial charge in [0.05, 0.1) is 11.2 Å². The number of amidine groups is 1. The van der Waals surface area contributed by atoms with E-state index in [1.807, 2.05) is 38.1 Å². The zero-order chi connectivity index (χ0) is 18.0. The normalized spacial score (nSPS) is 21.5. The zero-order valence-electron chi connectivity index (χ0n) is 14.1. The first-order chi connectivity index (χ1) is 11.9. The highest BCUT2D eigenvalue weighted by Crippen LogP contribution is 2.37. The van der Waals surface area contributed by atoms with E-state index in [2.05, 4.69) is 9.71 Å². The molecule has 0 aliphatic carbocycles. The Bertz CT molecular complexity index is 797. The Kier molecular flexibility index (Phi) is 5.27. The van der Waals surface area contributed by atoms with Crippen molar-refractivity contribution in [1.29, 1.82) is 0 Å². The van der Waals surface area contributed by atoms with Gasteiger partial charge in [-0.3, -0.25) is 4.99 Å². The van der Waals surface area contributed by atoms with E-state index < -0.39 is 16.9 Å². The lowest BCUT2D eigenvalue weighted by atomic mass is 9.89. The first-order valence-electron chi connectivity index (χ1n) is 7.91. The molecule has 0 radical (unpaired) electrons. The average Bonchev–Trinajstić information content (AvgIpc) is 2.57. The van der Waals surface area contributed by atoms with Gasteiger partial charge >= 0.3 is 0 Å². The second-order valence-corrected chi connectivity index (χ2v) is 8.53. The van der Waals surface area contributed by atoms with Crippen molar-refractivity contribution in [1.82, 2.24) is 0 Å². The summed E-state index contributed by atoms with van der Waals surface area (Å²) in [6, 6.07) is 12.1. The van der Waals surface area contributed by atoms with Gasteiger partial charge in [-0.2, -0.15) is 0 Å². The molecule has 0 saturated carbocycles. The molecule has 0 fully saturated rings. The van der Waals surface area contributed by atoms with E-state index in [9.17, 15) is 8.94 Å². The smallest absolute Gasteiger partial charge is 0.179 e. The van der Waals surface area contributed by atoms with Crippen LogP contribution < -0.4 is 10.5 Å². The maximum atomic E-state index is 14.4. The molecule has 0 saturated heterocycles. The Morgan fingerprint density at radius 1 is 1.28 bits per heavy atom. The van der Waals surface area contributed by atoms with Gasteiger partial charge < -0.3 is 10.3 Å². The zero-order valence-corrected chi connectivity index (χ0v) is 15.7. The molecule has 0 amide bonds. The van der Waals surface area contributed by atoms with Crippen LogP contribution in [-0.2, 0) is 16.9 Å². The Labute approximate surface area is 154 Å². The van der Waals surface area contributed by atoms with Crippen molar-refractivity contribution < 1.29 is 8.94 Å². The minimum atomic E-state index is -1.42. The number of rotatable bonds is 4. The summed E-state index contributed by atoms with van der Waals surface area (Å²) >= 11 is 0.0551. The van der Waals surface area contributed by atoms with E-state index in [0.29, 0.717) is 27.7 Å². The number of anilines is 1. The van der Waals surface area contributed by atoms with Crippen LogP contribution in [0.1, 0.15) is 24.5 Å². The van der Waals surface area contributed by atoms with Gasteiger partial charge in [-0.05, 0) is 50.6 Å². The predicted octanol–water partition coefficient (Wildman–Crippen LogP) is 3.94. The van der Waals surface area contributed by atoms with Crippen molar-refractivity contribution in [2.45, 2.75) is 30.7 Å². The molecule has 3 N–H and O–H groups in total. The number of benzene rings is 2. The highest BCUT2D eigenvalue weighted by molar-refractivity contribution is 8.13. The number of hydrogen-bond donors (Lipinski definition) is 2. The molecule has 2 unspecified atom stereocenters. The molecule has 132 valence electrons. The third kappa shape index (κ3) is 4.11. The van der Waals surface area contributed by atoms with Crippen molar-refractivity contribution in [2.75, 3.05) is 10.5 Å². The number of nitrogens with two attached hydrogens (primary N) is 1. The van der Waals surface area contributed by atoms with Crippen LogP contribution >= 0.6 is 11.8 Å². The van der Waals surface area contributed by atoms with Gasteiger partial charge in [0, 0.05) is 11.3 Å². The minimum absolute atomic E-state index is 0.336. The van der Waals surface area contributed by atoms with Gasteiger partial charge in [-0.1, -0.05) is 29.5 Å². The quantitative estimate of drug-likeness (QED) is 0.792. The summed E-state index contributed by atoms with van der Waals surface area (Å²) in [4.78, 5) is 5.11. The SMILES string of the molecule is Cc1ccc([S+]([O-])Nc2ccc(F)c(C3(C)CCSC(N)=N3)c2)cc1. The Morgan fingerprint density at radius 2 is 2.00 bits per heavy atom. The standard InChI is InChI=1S/C18H20FN3OS2/c1-12-3-6-14(7-4-12)25(23)22-13-5-8-16(19)15(11-13)18(2)9-10-24-17(20)21-18/h3-8,11,22H,9-10H2,1-2H3,(H2,20,21).